The molecule has 0 fully saturated rings. The number of hydrogen-bond acceptors (Lipinski definition) is 3. The SMILES string of the molecule is Cc1ccoc1CNC(C)CNCC(C)C. The maximum atomic E-state index is 5.37. The molecule has 92 valence electrons. The van der Waals surface area contributed by atoms with Gasteiger partial charge >= 0.3 is 0 Å². The van der Waals surface area contributed by atoms with E-state index in [4.69, 9.17) is 4.42 Å². The molecule has 0 aromatic carbocycles. The van der Waals surface area contributed by atoms with Gasteiger partial charge in [-0.2, -0.15) is 0 Å². The Balaban J connectivity index is 2.15. The van der Waals surface area contributed by atoms with Gasteiger partial charge in [0.2, 0.25) is 0 Å². The standard InChI is InChI=1S/C13H24N2O/c1-10(2)7-14-8-12(4)15-9-13-11(3)5-6-16-13/h5-6,10,12,14-15H,7-9H2,1-4H3. The van der Waals surface area contributed by atoms with E-state index in [1.54, 1.807) is 6.26 Å². The molecular formula is C13H24N2O. The van der Waals surface area contributed by atoms with Crippen molar-refractivity contribution in [2.45, 2.75) is 40.3 Å². The van der Waals surface area contributed by atoms with E-state index in [9.17, 15) is 0 Å². The number of aryl methyl sites for hydroxylation is 1. The molecule has 0 spiro atoms. The molecule has 16 heavy (non-hydrogen) atoms. The predicted octanol–water partition coefficient (Wildman–Crippen LogP) is 2.31. The third-order valence-corrected chi connectivity index (χ3v) is 2.58. The molecule has 1 aromatic rings. The lowest BCUT2D eigenvalue weighted by molar-refractivity contribution is 0.431. The van der Waals surface area contributed by atoms with Gasteiger partial charge in [-0.3, -0.25) is 0 Å². The van der Waals surface area contributed by atoms with Crippen molar-refractivity contribution in [3.05, 3.63) is 23.7 Å². The van der Waals surface area contributed by atoms with Crippen LogP contribution >= 0.6 is 0 Å². The molecule has 0 radical (unpaired) electrons. The van der Waals surface area contributed by atoms with Crippen molar-refractivity contribution in [3.8, 4) is 0 Å². The lowest BCUT2D eigenvalue weighted by Gasteiger charge is -2.15. The van der Waals surface area contributed by atoms with Crippen LogP contribution in [0.3, 0.4) is 0 Å². The third kappa shape index (κ3) is 4.81. The summed E-state index contributed by atoms with van der Waals surface area (Å²) in [6.07, 6.45) is 1.74. The zero-order valence-corrected chi connectivity index (χ0v) is 10.8. The molecule has 3 nitrogen and oxygen atoms in total. The molecule has 0 saturated heterocycles. The van der Waals surface area contributed by atoms with Crippen LogP contribution in [0, 0.1) is 12.8 Å². The molecule has 0 aliphatic carbocycles. The third-order valence-electron chi connectivity index (χ3n) is 2.58. The van der Waals surface area contributed by atoms with Crippen molar-refractivity contribution < 1.29 is 4.42 Å². The minimum atomic E-state index is 0.461. The molecule has 2 N–H and O–H groups in total. The molecule has 0 amide bonds. The van der Waals surface area contributed by atoms with E-state index in [-0.39, 0.29) is 0 Å². The van der Waals surface area contributed by atoms with Gasteiger partial charge in [0.05, 0.1) is 12.8 Å². The van der Waals surface area contributed by atoms with Crippen LogP contribution in [0.4, 0.5) is 0 Å². The van der Waals surface area contributed by atoms with Crippen molar-refractivity contribution in [2.75, 3.05) is 13.1 Å². The monoisotopic (exact) mass is 224 g/mol. The molecule has 0 bridgehead atoms. The van der Waals surface area contributed by atoms with Gasteiger partial charge in [0.25, 0.3) is 0 Å². The molecule has 0 aliphatic rings. The molecule has 3 heteroatoms. The Hall–Kier alpha value is -0.800. The molecule has 0 aliphatic heterocycles. The maximum absolute atomic E-state index is 5.37. The predicted molar refractivity (Wildman–Crippen MR) is 67.5 cm³/mol. The highest BCUT2D eigenvalue weighted by Crippen LogP contribution is 2.07. The van der Waals surface area contributed by atoms with Crippen molar-refractivity contribution in [2.24, 2.45) is 5.92 Å². The summed E-state index contributed by atoms with van der Waals surface area (Å²) in [5.41, 5.74) is 1.22. The number of hydrogen-bond donors (Lipinski definition) is 2. The number of nitrogens with one attached hydrogen (secondary N) is 2. The number of furan rings is 1. The van der Waals surface area contributed by atoms with Crippen LogP contribution in [0.15, 0.2) is 16.7 Å². The van der Waals surface area contributed by atoms with Crippen LogP contribution in [-0.4, -0.2) is 19.1 Å². The quantitative estimate of drug-likeness (QED) is 0.746. The Morgan fingerprint density at radius 3 is 2.56 bits per heavy atom. The smallest absolute Gasteiger partial charge is 0.120 e. The van der Waals surface area contributed by atoms with Crippen LogP contribution in [0.25, 0.3) is 0 Å². The van der Waals surface area contributed by atoms with E-state index in [1.807, 2.05) is 6.07 Å². The van der Waals surface area contributed by atoms with Crippen LogP contribution in [0.5, 0.6) is 0 Å². The summed E-state index contributed by atoms with van der Waals surface area (Å²) in [7, 11) is 0. The Labute approximate surface area is 98.6 Å². The van der Waals surface area contributed by atoms with Gasteiger partial charge in [-0.15, -0.1) is 0 Å². The first-order valence-corrected chi connectivity index (χ1v) is 6.06. The second kappa shape index (κ2) is 6.71. The second-order valence-electron chi connectivity index (χ2n) is 4.86. The lowest BCUT2D eigenvalue weighted by Crippen LogP contribution is -2.37. The van der Waals surface area contributed by atoms with E-state index >= 15 is 0 Å². The second-order valence-corrected chi connectivity index (χ2v) is 4.86. The van der Waals surface area contributed by atoms with Crippen molar-refractivity contribution in [3.63, 3.8) is 0 Å². The van der Waals surface area contributed by atoms with Gasteiger partial charge in [-0.05, 0) is 37.9 Å². The van der Waals surface area contributed by atoms with Gasteiger partial charge in [0.1, 0.15) is 5.76 Å². The van der Waals surface area contributed by atoms with Crippen molar-refractivity contribution >= 4 is 0 Å². The highest BCUT2D eigenvalue weighted by atomic mass is 16.3. The topological polar surface area (TPSA) is 37.2 Å². The first-order chi connectivity index (χ1) is 7.59. The maximum Gasteiger partial charge on any atom is 0.120 e. The zero-order valence-electron chi connectivity index (χ0n) is 10.8. The van der Waals surface area contributed by atoms with Gasteiger partial charge in [0.15, 0.2) is 0 Å². The Kier molecular flexibility index (Phi) is 5.56. The van der Waals surface area contributed by atoms with Crippen molar-refractivity contribution in [1.82, 2.24) is 10.6 Å². The van der Waals surface area contributed by atoms with E-state index in [2.05, 4.69) is 38.3 Å². The Bertz CT molecular complexity index is 294. The summed E-state index contributed by atoms with van der Waals surface area (Å²) in [6, 6.07) is 2.46. The summed E-state index contributed by atoms with van der Waals surface area (Å²) >= 11 is 0. The molecule has 1 rings (SSSR count). The average Bonchev–Trinajstić information content (AvgIpc) is 2.60. The Morgan fingerprint density at radius 2 is 2.00 bits per heavy atom. The average molecular weight is 224 g/mol. The van der Waals surface area contributed by atoms with Gasteiger partial charge in [-0.1, -0.05) is 13.8 Å². The molecule has 1 atom stereocenters. The molecule has 1 aromatic heterocycles. The molecule has 1 unspecified atom stereocenters. The lowest BCUT2D eigenvalue weighted by atomic mass is 10.2. The first-order valence-electron chi connectivity index (χ1n) is 6.06. The van der Waals surface area contributed by atoms with Crippen LogP contribution < -0.4 is 10.6 Å². The largest absolute Gasteiger partial charge is 0.468 e. The van der Waals surface area contributed by atoms with Gasteiger partial charge in [0, 0.05) is 12.6 Å². The summed E-state index contributed by atoms with van der Waals surface area (Å²) < 4.78 is 5.37. The van der Waals surface area contributed by atoms with Crippen LogP contribution in [0.2, 0.25) is 0 Å². The van der Waals surface area contributed by atoms with Crippen molar-refractivity contribution in [1.29, 1.82) is 0 Å². The van der Waals surface area contributed by atoms with Gasteiger partial charge in [-0.25, -0.2) is 0 Å². The van der Waals surface area contributed by atoms with E-state index in [0.29, 0.717) is 12.0 Å². The molecular weight excluding hydrogens is 200 g/mol. The molecule has 0 saturated carbocycles. The summed E-state index contributed by atoms with van der Waals surface area (Å²) in [6.45, 7) is 11.6. The summed E-state index contributed by atoms with van der Waals surface area (Å²) in [4.78, 5) is 0. The van der Waals surface area contributed by atoms with Gasteiger partial charge < -0.3 is 15.1 Å². The van der Waals surface area contributed by atoms with Crippen LogP contribution in [0.1, 0.15) is 32.1 Å². The molecule has 1 heterocycles. The van der Waals surface area contributed by atoms with E-state index in [1.165, 1.54) is 5.56 Å². The normalized spacial score (nSPS) is 13.3. The fourth-order valence-electron chi connectivity index (χ4n) is 1.51. The number of rotatable bonds is 7. The minimum absolute atomic E-state index is 0.461. The van der Waals surface area contributed by atoms with E-state index in [0.717, 1.165) is 25.4 Å². The fraction of sp³-hybridized carbons (Fsp3) is 0.692. The summed E-state index contributed by atoms with van der Waals surface area (Å²) in [5.74, 6) is 1.75. The first kappa shape index (κ1) is 13.3. The highest BCUT2D eigenvalue weighted by Gasteiger charge is 2.05. The Morgan fingerprint density at radius 1 is 1.25 bits per heavy atom. The minimum Gasteiger partial charge on any atom is -0.468 e. The highest BCUT2D eigenvalue weighted by molar-refractivity contribution is 5.14. The van der Waals surface area contributed by atoms with Crippen LogP contribution in [-0.2, 0) is 6.54 Å². The summed E-state index contributed by atoms with van der Waals surface area (Å²) in [5, 5.41) is 6.88. The zero-order chi connectivity index (χ0) is 12.0. The fourth-order valence-corrected chi connectivity index (χ4v) is 1.51. The van der Waals surface area contributed by atoms with E-state index < -0.39 is 0 Å².